The Kier molecular flexibility index (Phi) is 9.78. The van der Waals surface area contributed by atoms with Gasteiger partial charge < -0.3 is 29.3 Å². The van der Waals surface area contributed by atoms with Crippen LogP contribution in [0.5, 0.6) is 17.2 Å². The lowest BCUT2D eigenvalue weighted by Crippen LogP contribution is -2.09. The predicted molar refractivity (Wildman–Crippen MR) is 167 cm³/mol. The fourth-order valence-corrected chi connectivity index (χ4v) is 4.30. The number of hydrazone groups is 1. The van der Waals surface area contributed by atoms with Gasteiger partial charge in [0.25, 0.3) is 0 Å². The van der Waals surface area contributed by atoms with Gasteiger partial charge in [-0.1, -0.05) is 35.3 Å². The quantitative estimate of drug-likeness (QED) is 0.0921. The molecule has 0 aliphatic carbocycles. The number of hydrogen-bond donors (Lipinski definition) is 3. The molecule has 0 unspecified atom stereocenters. The van der Waals surface area contributed by atoms with E-state index in [1.807, 2.05) is 54.6 Å². The summed E-state index contributed by atoms with van der Waals surface area (Å²) < 4.78 is 22.3. The summed E-state index contributed by atoms with van der Waals surface area (Å²) in [5.74, 6) is 3.28. The molecule has 0 saturated heterocycles. The molecule has 43 heavy (non-hydrogen) atoms. The maximum Gasteiger partial charge on any atom is 0.250 e. The zero-order valence-electron chi connectivity index (χ0n) is 23.2. The molecule has 2 aromatic heterocycles. The van der Waals surface area contributed by atoms with E-state index >= 15 is 0 Å². The van der Waals surface area contributed by atoms with E-state index < -0.39 is 0 Å². The normalized spacial score (nSPS) is 10.9. The molecule has 0 aliphatic heterocycles. The summed E-state index contributed by atoms with van der Waals surface area (Å²) in [6, 6.07) is 21.7. The van der Waals surface area contributed by atoms with E-state index in [1.165, 1.54) is 0 Å². The van der Waals surface area contributed by atoms with Gasteiger partial charge >= 0.3 is 0 Å². The SMILES string of the molecule is COc1ccc(Nc2nc(NCc3ccco3)nc(N/N=C\c3cccc(OC)c3OCc3ccc(Cl)cc3Cl)n2)cc1. The van der Waals surface area contributed by atoms with Crippen molar-refractivity contribution in [2.75, 3.05) is 30.3 Å². The van der Waals surface area contributed by atoms with Crippen molar-refractivity contribution in [1.82, 2.24) is 15.0 Å². The van der Waals surface area contributed by atoms with Crippen LogP contribution in [0.2, 0.25) is 10.0 Å². The van der Waals surface area contributed by atoms with Gasteiger partial charge in [0.05, 0.1) is 33.2 Å². The Labute approximate surface area is 257 Å². The van der Waals surface area contributed by atoms with Crippen molar-refractivity contribution in [3.8, 4) is 17.2 Å². The molecule has 0 atom stereocenters. The van der Waals surface area contributed by atoms with Crippen molar-refractivity contribution in [2.24, 2.45) is 5.10 Å². The number of rotatable bonds is 13. The summed E-state index contributed by atoms with van der Waals surface area (Å²) in [6.45, 7) is 0.576. The standard InChI is InChI=1S/C30H27Cl2N7O4/c1-40-23-12-10-22(11-13-23)35-29-36-28(33-17-24-6-4-14-42-24)37-30(38-29)39-34-16-19-5-3-7-26(41-2)27(19)43-18-20-8-9-21(31)15-25(20)32/h3-16H,17-18H2,1-2H3,(H3,33,35,36,37,38,39)/b34-16-. The minimum absolute atomic E-state index is 0.197. The fraction of sp³-hybridized carbons (Fsp3) is 0.133. The van der Waals surface area contributed by atoms with E-state index in [0.717, 1.165) is 22.8 Å². The minimum atomic E-state index is 0.197. The van der Waals surface area contributed by atoms with E-state index in [1.54, 1.807) is 44.9 Å². The predicted octanol–water partition coefficient (Wildman–Crippen LogP) is 7.17. The number of nitrogens with one attached hydrogen (secondary N) is 3. The van der Waals surface area contributed by atoms with Crippen LogP contribution in [-0.2, 0) is 13.2 Å². The van der Waals surface area contributed by atoms with Crippen molar-refractivity contribution in [3.63, 3.8) is 0 Å². The summed E-state index contributed by atoms with van der Waals surface area (Å²) in [7, 11) is 3.18. The third kappa shape index (κ3) is 8.06. The Morgan fingerprint density at radius 3 is 2.44 bits per heavy atom. The molecule has 5 rings (SSSR count). The van der Waals surface area contributed by atoms with E-state index in [9.17, 15) is 0 Å². The zero-order valence-corrected chi connectivity index (χ0v) is 24.7. The number of aromatic nitrogens is 3. The number of benzene rings is 3. The van der Waals surface area contributed by atoms with Gasteiger partial charge in [-0.05, 0) is 60.7 Å². The third-order valence-electron chi connectivity index (χ3n) is 5.97. The number of methoxy groups -OCH3 is 2. The van der Waals surface area contributed by atoms with Crippen LogP contribution in [0.3, 0.4) is 0 Å². The molecule has 0 saturated carbocycles. The number of halogens is 2. The van der Waals surface area contributed by atoms with Crippen LogP contribution in [-0.4, -0.2) is 35.4 Å². The second-order valence-corrected chi connectivity index (χ2v) is 9.71. The summed E-state index contributed by atoms with van der Waals surface area (Å²) in [5, 5.41) is 11.7. The van der Waals surface area contributed by atoms with Crippen LogP contribution < -0.4 is 30.3 Å². The Morgan fingerprint density at radius 1 is 0.884 bits per heavy atom. The first-order valence-electron chi connectivity index (χ1n) is 13.0. The highest BCUT2D eigenvalue weighted by Crippen LogP contribution is 2.32. The number of nitrogens with zero attached hydrogens (tertiary/aromatic N) is 4. The van der Waals surface area contributed by atoms with Crippen molar-refractivity contribution < 1.29 is 18.6 Å². The molecule has 3 N–H and O–H groups in total. The average molecular weight is 620 g/mol. The molecule has 220 valence electrons. The summed E-state index contributed by atoms with van der Waals surface area (Å²) in [5.41, 5.74) is 5.06. The largest absolute Gasteiger partial charge is 0.497 e. The second kappa shape index (κ2) is 14.3. The van der Waals surface area contributed by atoms with Gasteiger partial charge in [0.15, 0.2) is 11.5 Å². The van der Waals surface area contributed by atoms with Crippen LogP contribution in [0.25, 0.3) is 0 Å². The van der Waals surface area contributed by atoms with Gasteiger partial charge in [-0.25, -0.2) is 5.43 Å². The van der Waals surface area contributed by atoms with Gasteiger partial charge in [0, 0.05) is 26.9 Å². The third-order valence-corrected chi connectivity index (χ3v) is 6.55. The highest BCUT2D eigenvalue weighted by Gasteiger charge is 2.12. The highest BCUT2D eigenvalue weighted by molar-refractivity contribution is 6.35. The molecule has 0 amide bonds. The Morgan fingerprint density at radius 2 is 1.70 bits per heavy atom. The maximum absolute atomic E-state index is 6.33. The van der Waals surface area contributed by atoms with Crippen molar-refractivity contribution in [2.45, 2.75) is 13.2 Å². The second-order valence-electron chi connectivity index (χ2n) is 8.87. The van der Waals surface area contributed by atoms with E-state index in [0.29, 0.717) is 45.5 Å². The van der Waals surface area contributed by atoms with Crippen molar-refractivity contribution in [1.29, 1.82) is 0 Å². The van der Waals surface area contributed by atoms with E-state index in [2.05, 4.69) is 36.1 Å². The number of anilines is 4. The van der Waals surface area contributed by atoms with Crippen LogP contribution in [0.4, 0.5) is 23.5 Å². The molecule has 11 nitrogen and oxygen atoms in total. The van der Waals surface area contributed by atoms with Gasteiger partial charge in [0.2, 0.25) is 17.8 Å². The van der Waals surface area contributed by atoms with Crippen LogP contribution in [0.15, 0.2) is 88.6 Å². The molecule has 0 bridgehead atoms. The molecule has 2 heterocycles. The molecule has 0 aliphatic rings. The molecular formula is C30H27Cl2N7O4. The fourth-order valence-electron chi connectivity index (χ4n) is 3.84. The van der Waals surface area contributed by atoms with Crippen LogP contribution in [0.1, 0.15) is 16.9 Å². The number of ether oxygens (including phenoxy) is 3. The van der Waals surface area contributed by atoms with Crippen molar-refractivity contribution in [3.05, 3.63) is 106 Å². The van der Waals surface area contributed by atoms with Crippen LogP contribution >= 0.6 is 23.2 Å². The topological polar surface area (TPSA) is 128 Å². The molecule has 5 aromatic rings. The Balaban J connectivity index is 1.35. The van der Waals surface area contributed by atoms with Gasteiger partial charge in [0.1, 0.15) is 18.1 Å². The Bertz CT molecular complexity index is 1680. The zero-order chi connectivity index (χ0) is 30.0. The first-order valence-corrected chi connectivity index (χ1v) is 13.7. The smallest absolute Gasteiger partial charge is 0.250 e. The lowest BCUT2D eigenvalue weighted by Gasteiger charge is -2.14. The molecule has 0 radical (unpaired) electrons. The van der Waals surface area contributed by atoms with Gasteiger partial charge in [-0.2, -0.15) is 20.1 Å². The van der Waals surface area contributed by atoms with Crippen LogP contribution in [0, 0.1) is 0 Å². The summed E-state index contributed by atoms with van der Waals surface area (Å²) in [6.07, 6.45) is 3.18. The lowest BCUT2D eigenvalue weighted by molar-refractivity contribution is 0.284. The molecule has 0 fully saturated rings. The summed E-state index contributed by atoms with van der Waals surface area (Å²) >= 11 is 12.4. The lowest BCUT2D eigenvalue weighted by atomic mass is 10.2. The first kappa shape index (κ1) is 29.5. The van der Waals surface area contributed by atoms with Crippen molar-refractivity contribution >= 4 is 52.9 Å². The number of para-hydroxylation sites is 1. The van der Waals surface area contributed by atoms with E-state index in [4.69, 9.17) is 41.8 Å². The molecular weight excluding hydrogens is 593 g/mol. The molecule has 3 aromatic carbocycles. The summed E-state index contributed by atoms with van der Waals surface area (Å²) in [4.78, 5) is 13.4. The highest BCUT2D eigenvalue weighted by atomic mass is 35.5. The van der Waals surface area contributed by atoms with Gasteiger partial charge in [-0.15, -0.1) is 0 Å². The Hall–Kier alpha value is -5.00. The van der Waals surface area contributed by atoms with E-state index in [-0.39, 0.29) is 12.6 Å². The first-order chi connectivity index (χ1) is 21.0. The average Bonchev–Trinajstić information content (AvgIpc) is 3.54. The molecule has 0 spiro atoms. The maximum atomic E-state index is 6.33. The minimum Gasteiger partial charge on any atom is -0.497 e. The number of furan rings is 1. The van der Waals surface area contributed by atoms with Gasteiger partial charge in [-0.3, -0.25) is 0 Å². The monoisotopic (exact) mass is 619 g/mol. The number of hydrogen-bond acceptors (Lipinski definition) is 11. The molecule has 13 heteroatoms.